The number of fused-ring (bicyclic) bond motifs is 1. The van der Waals surface area contributed by atoms with Gasteiger partial charge in [0.2, 0.25) is 5.95 Å². The fraction of sp³-hybridized carbons (Fsp3) is 0.231. The van der Waals surface area contributed by atoms with Gasteiger partial charge in [0.05, 0.1) is 37.7 Å². The van der Waals surface area contributed by atoms with E-state index in [2.05, 4.69) is 21.0 Å². The molecule has 2 N–H and O–H groups in total. The van der Waals surface area contributed by atoms with E-state index in [4.69, 9.17) is 25.5 Å². The van der Waals surface area contributed by atoms with Gasteiger partial charge in [-0.1, -0.05) is 0 Å². The number of aromatic nitrogens is 4. The fourth-order valence-corrected chi connectivity index (χ4v) is 4.26. The third-order valence-corrected chi connectivity index (χ3v) is 6.21. The third kappa shape index (κ3) is 4.64. The van der Waals surface area contributed by atoms with Gasteiger partial charge in [-0.3, -0.25) is 4.79 Å². The number of nitrogens with two attached hydrogens (primary N) is 1. The quantitative estimate of drug-likeness (QED) is 0.438. The van der Waals surface area contributed by atoms with E-state index in [0.29, 0.717) is 71.5 Å². The number of piperazine rings is 1. The highest BCUT2D eigenvalue weighted by molar-refractivity contribution is 5.94. The molecule has 37 heavy (non-hydrogen) atoms. The molecule has 1 amide bonds. The molecule has 11 heteroatoms. The Bertz CT molecular complexity index is 1510. The van der Waals surface area contributed by atoms with Gasteiger partial charge in [-0.25, -0.2) is 9.97 Å². The fourth-order valence-electron chi connectivity index (χ4n) is 4.26. The molecule has 1 aliphatic heterocycles. The van der Waals surface area contributed by atoms with Crippen molar-refractivity contribution in [1.29, 1.82) is 5.26 Å². The van der Waals surface area contributed by atoms with Crippen LogP contribution < -0.4 is 20.1 Å². The topological polar surface area (TPSA) is 143 Å². The van der Waals surface area contributed by atoms with Crippen LogP contribution >= 0.6 is 0 Å². The van der Waals surface area contributed by atoms with Crippen LogP contribution in [0.2, 0.25) is 0 Å². The zero-order valence-corrected chi connectivity index (χ0v) is 20.4. The summed E-state index contributed by atoms with van der Waals surface area (Å²) >= 11 is 0. The van der Waals surface area contributed by atoms with Gasteiger partial charge in [-0.15, -0.1) is 0 Å². The van der Waals surface area contributed by atoms with E-state index in [1.54, 1.807) is 49.6 Å². The minimum atomic E-state index is -0.0771. The Morgan fingerprint density at radius 2 is 1.70 bits per heavy atom. The largest absolute Gasteiger partial charge is 0.493 e. The lowest BCUT2D eigenvalue weighted by Gasteiger charge is -2.35. The van der Waals surface area contributed by atoms with Crippen molar-refractivity contribution in [2.24, 2.45) is 0 Å². The van der Waals surface area contributed by atoms with E-state index >= 15 is 0 Å². The first-order chi connectivity index (χ1) is 18.0. The predicted molar refractivity (Wildman–Crippen MR) is 137 cm³/mol. The molecule has 0 aliphatic carbocycles. The number of anilines is 2. The second-order valence-electron chi connectivity index (χ2n) is 8.37. The summed E-state index contributed by atoms with van der Waals surface area (Å²) in [4.78, 5) is 34.8. The van der Waals surface area contributed by atoms with Crippen LogP contribution in [0.25, 0.3) is 22.4 Å². The molecular formula is C26H24N8O3. The van der Waals surface area contributed by atoms with Crippen molar-refractivity contribution in [1.82, 2.24) is 24.8 Å². The van der Waals surface area contributed by atoms with Gasteiger partial charge in [0, 0.05) is 37.3 Å². The molecular weight excluding hydrogens is 472 g/mol. The van der Waals surface area contributed by atoms with E-state index in [9.17, 15) is 4.79 Å². The van der Waals surface area contributed by atoms with Crippen LogP contribution in [0.15, 0.2) is 48.7 Å². The molecule has 3 heterocycles. The lowest BCUT2D eigenvalue weighted by atomic mass is 10.1. The number of hydrogen-bond donors (Lipinski definition) is 1. The minimum Gasteiger partial charge on any atom is -0.493 e. The first kappa shape index (κ1) is 23.7. The first-order valence-electron chi connectivity index (χ1n) is 11.6. The Morgan fingerprint density at radius 1 is 0.973 bits per heavy atom. The highest BCUT2D eigenvalue weighted by Crippen LogP contribution is 2.33. The number of amides is 1. The van der Waals surface area contributed by atoms with Gasteiger partial charge >= 0.3 is 0 Å². The average Bonchev–Trinajstić information content (AvgIpc) is 2.95. The molecule has 2 aromatic heterocycles. The number of nitrogen functional groups attached to an aromatic ring is 1. The molecule has 0 bridgehead atoms. The molecule has 1 fully saturated rings. The summed E-state index contributed by atoms with van der Waals surface area (Å²) in [5, 5.41) is 8.98. The average molecular weight is 497 g/mol. The minimum absolute atomic E-state index is 0.0771. The van der Waals surface area contributed by atoms with Crippen LogP contribution in [-0.2, 0) is 0 Å². The second kappa shape index (κ2) is 9.94. The molecule has 1 aliphatic rings. The Balaban J connectivity index is 1.41. The SMILES string of the molecule is COc1ccc(-c2cnc3nc(N)nc(N4CCN(C(=O)c5ccc(C#N)cc5)CC4)c3n2)cc1OC. The van der Waals surface area contributed by atoms with E-state index in [1.807, 2.05) is 23.1 Å². The van der Waals surface area contributed by atoms with Crippen LogP contribution in [0.4, 0.5) is 11.8 Å². The zero-order valence-electron chi connectivity index (χ0n) is 20.4. The number of nitriles is 1. The van der Waals surface area contributed by atoms with E-state index in [1.165, 1.54) is 0 Å². The molecule has 0 spiro atoms. The van der Waals surface area contributed by atoms with Gasteiger partial charge in [0.1, 0.15) is 0 Å². The Hall–Kier alpha value is -4.98. The van der Waals surface area contributed by atoms with Gasteiger partial charge < -0.3 is 25.0 Å². The lowest BCUT2D eigenvalue weighted by molar-refractivity contribution is 0.0746. The summed E-state index contributed by atoms with van der Waals surface area (Å²) in [6, 6.07) is 14.2. The van der Waals surface area contributed by atoms with E-state index < -0.39 is 0 Å². The van der Waals surface area contributed by atoms with E-state index in [-0.39, 0.29) is 11.9 Å². The van der Waals surface area contributed by atoms with Crippen molar-refractivity contribution < 1.29 is 14.3 Å². The van der Waals surface area contributed by atoms with Gasteiger partial charge in [-0.05, 0) is 42.5 Å². The van der Waals surface area contributed by atoms with Crippen molar-refractivity contribution >= 4 is 28.8 Å². The number of rotatable bonds is 5. The van der Waals surface area contributed by atoms with Crippen molar-refractivity contribution in [3.05, 3.63) is 59.8 Å². The summed E-state index contributed by atoms with van der Waals surface area (Å²) in [6.45, 7) is 2.06. The van der Waals surface area contributed by atoms with Crippen LogP contribution in [0.1, 0.15) is 15.9 Å². The van der Waals surface area contributed by atoms with Crippen molar-refractivity contribution in [2.45, 2.75) is 0 Å². The van der Waals surface area contributed by atoms with Crippen molar-refractivity contribution in [3.63, 3.8) is 0 Å². The summed E-state index contributed by atoms with van der Waals surface area (Å²) in [7, 11) is 3.16. The molecule has 186 valence electrons. The first-order valence-corrected chi connectivity index (χ1v) is 11.6. The lowest BCUT2D eigenvalue weighted by Crippen LogP contribution is -2.49. The molecule has 0 radical (unpaired) electrons. The number of hydrogen-bond acceptors (Lipinski definition) is 10. The van der Waals surface area contributed by atoms with Crippen LogP contribution in [0.5, 0.6) is 11.5 Å². The zero-order chi connectivity index (χ0) is 25.9. The normalized spacial score (nSPS) is 13.3. The van der Waals surface area contributed by atoms with Gasteiger partial charge in [0.25, 0.3) is 5.91 Å². The number of carbonyl (C=O) groups is 1. The Kier molecular flexibility index (Phi) is 6.38. The molecule has 1 saturated heterocycles. The summed E-state index contributed by atoms with van der Waals surface area (Å²) in [6.07, 6.45) is 1.63. The predicted octanol–water partition coefficient (Wildman–Crippen LogP) is 2.52. The number of carbonyl (C=O) groups excluding carboxylic acids is 1. The number of nitrogens with zero attached hydrogens (tertiary/aromatic N) is 7. The van der Waals surface area contributed by atoms with Crippen LogP contribution in [0.3, 0.4) is 0 Å². The third-order valence-electron chi connectivity index (χ3n) is 6.21. The monoisotopic (exact) mass is 496 g/mol. The maximum atomic E-state index is 12.9. The summed E-state index contributed by atoms with van der Waals surface area (Å²) in [5.41, 5.74) is 9.39. The molecule has 11 nitrogen and oxygen atoms in total. The summed E-state index contributed by atoms with van der Waals surface area (Å²) in [5.74, 6) is 1.80. The molecule has 0 atom stereocenters. The standard InChI is InChI=1S/C26H24N8O3/c1-36-20-8-7-18(13-21(20)37-2)19-15-29-23-22(30-19)24(32-26(28)31-23)33-9-11-34(12-10-33)25(35)17-5-3-16(14-27)4-6-17/h3-8,13,15H,9-12H2,1-2H3,(H2,28,29,31,32). The second-order valence-corrected chi connectivity index (χ2v) is 8.37. The molecule has 5 rings (SSSR count). The number of ether oxygens (including phenoxy) is 2. The Labute approximate surface area is 213 Å². The molecule has 0 unspecified atom stereocenters. The van der Waals surface area contributed by atoms with Crippen molar-refractivity contribution in [2.75, 3.05) is 51.0 Å². The maximum absolute atomic E-state index is 12.9. The number of methoxy groups -OCH3 is 2. The van der Waals surface area contributed by atoms with Crippen molar-refractivity contribution in [3.8, 4) is 28.8 Å². The molecule has 2 aromatic carbocycles. The molecule has 0 saturated carbocycles. The van der Waals surface area contributed by atoms with Gasteiger partial charge in [0.15, 0.2) is 28.5 Å². The Morgan fingerprint density at radius 3 is 2.38 bits per heavy atom. The maximum Gasteiger partial charge on any atom is 0.253 e. The number of benzene rings is 2. The summed E-state index contributed by atoms with van der Waals surface area (Å²) < 4.78 is 10.8. The highest BCUT2D eigenvalue weighted by Gasteiger charge is 2.25. The van der Waals surface area contributed by atoms with E-state index in [0.717, 1.165) is 5.56 Å². The van der Waals surface area contributed by atoms with Crippen LogP contribution in [0, 0.1) is 11.3 Å². The highest BCUT2D eigenvalue weighted by atomic mass is 16.5. The van der Waals surface area contributed by atoms with Crippen LogP contribution in [-0.4, -0.2) is 71.1 Å². The smallest absolute Gasteiger partial charge is 0.253 e. The molecule has 4 aromatic rings. The van der Waals surface area contributed by atoms with Gasteiger partial charge in [-0.2, -0.15) is 15.2 Å².